The van der Waals surface area contributed by atoms with Crippen molar-refractivity contribution in [1.82, 2.24) is 4.90 Å². The van der Waals surface area contributed by atoms with E-state index in [1.54, 1.807) is 30.3 Å². The lowest BCUT2D eigenvalue weighted by molar-refractivity contribution is -0.384. The molecule has 0 aromatic heterocycles. The smallest absolute Gasteiger partial charge is 0.269 e. The summed E-state index contributed by atoms with van der Waals surface area (Å²) in [5, 5.41) is 11.4. The summed E-state index contributed by atoms with van der Waals surface area (Å²) in [6, 6.07) is 13.5. The van der Waals surface area contributed by atoms with Crippen LogP contribution in [0.4, 0.5) is 5.69 Å². The van der Waals surface area contributed by atoms with Crippen molar-refractivity contribution in [2.24, 2.45) is 0 Å². The first-order valence-corrected chi connectivity index (χ1v) is 8.44. The number of carbonyl (C=O) groups is 1. The summed E-state index contributed by atoms with van der Waals surface area (Å²) in [7, 11) is 1.95. The van der Waals surface area contributed by atoms with Crippen LogP contribution in [0, 0.1) is 10.1 Å². The molecule has 1 saturated heterocycles. The van der Waals surface area contributed by atoms with E-state index in [1.807, 2.05) is 25.3 Å². The van der Waals surface area contributed by atoms with E-state index in [4.69, 9.17) is 11.6 Å². The molecule has 26 heavy (non-hydrogen) atoms. The Kier molecular flexibility index (Phi) is 5.30. The van der Waals surface area contributed by atoms with Gasteiger partial charge in [-0.1, -0.05) is 23.7 Å². The second kappa shape index (κ2) is 7.64. The fourth-order valence-corrected chi connectivity index (χ4v) is 2.99. The van der Waals surface area contributed by atoms with Crippen molar-refractivity contribution < 1.29 is 9.72 Å². The standard InChI is InChI=1S/C20H17ClN2O3/c1-22-12-16(10-14-2-6-18(21)7-3-14)20(24)17(13-22)11-15-4-8-19(9-5-15)23(25)26/h2-11H,12-13H2,1H3/b16-10+,17-11+. The summed E-state index contributed by atoms with van der Waals surface area (Å²) in [5.74, 6) is -0.00333. The molecule has 1 aliphatic heterocycles. The number of likely N-dealkylation sites (N-methyl/N-ethyl adjacent to an activating group) is 1. The third kappa shape index (κ3) is 4.25. The molecule has 0 N–H and O–H groups in total. The first-order chi connectivity index (χ1) is 12.4. The molecule has 0 bridgehead atoms. The lowest BCUT2D eigenvalue weighted by Crippen LogP contribution is -2.34. The Hall–Kier alpha value is -2.76. The first-order valence-electron chi connectivity index (χ1n) is 8.07. The predicted octanol–water partition coefficient (Wildman–Crippen LogP) is 4.23. The number of benzene rings is 2. The second-order valence-electron chi connectivity index (χ2n) is 6.24. The van der Waals surface area contributed by atoms with Gasteiger partial charge in [-0.3, -0.25) is 19.8 Å². The van der Waals surface area contributed by atoms with Crippen LogP contribution in [0.3, 0.4) is 0 Å². The maximum atomic E-state index is 12.8. The maximum absolute atomic E-state index is 12.8. The highest BCUT2D eigenvalue weighted by Gasteiger charge is 2.23. The van der Waals surface area contributed by atoms with E-state index in [9.17, 15) is 14.9 Å². The van der Waals surface area contributed by atoms with Gasteiger partial charge >= 0.3 is 0 Å². The van der Waals surface area contributed by atoms with Crippen LogP contribution >= 0.6 is 11.6 Å². The van der Waals surface area contributed by atoms with Gasteiger partial charge in [0.1, 0.15) is 0 Å². The lowest BCUT2D eigenvalue weighted by Gasteiger charge is -2.26. The van der Waals surface area contributed by atoms with Crippen molar-refractivity contribution in [1.29, 1.82) is 0 Å². The molecule has 1 aliphatic rings. The summed E-state index contributed by atoms with van der Waals surface area (Å²) in [4.78, 5) is 25.2. The summed E-state index contributed by atoms with van der Waals surface area (Å²) in [5.41, 5.74) is 3.08. The number of nitro benzene ring substituents is 1. The Morgan fingerprint density at radius 3 is 1.88 bits per heavy atom. The molecule has 0 atom stereocenters. The van der Waals surface area contributed by atoms with Gasteiger partial charge in [-0.2, -0.15) is 0 Å². The molecule has 2 aromatic carbocycles. The van der Waals surface area contributed by atoms with Gasteiger partial charge in [0.25, 0.3) is 5.69 Å². The minimum Gasteiger partial charge on any atom is -0.298 e. The number of carbonyl (C=O) groups excluding carboxylic acids is 1. The Bertz CT molecular complexity index is 900. The number of hydrogen-bond donors (Lipinski definition) is 0. The Morgan fingerprint density at radius 2 is 1.42 bits per heavy atom. The van der Waals surface area contributed by atoms with Crippen molar-refractivity contribution in [2.75, 3.05) is 20.1 Å². The molecule has 0 saturated carbocycles. The number of rotatable bonds is 3. The SMILES string of the molecule is CN1C/C(=C\c2ccc(Cl)cc2)C(=O)/C(=C/c2ccc([N+](=O)[O-])cc2)C1. The first kappa shape index (κ1) is 18.0. The van der Waals surface area contributed by atoms with Crippen LogP contribution in [0.25, 0.3) is 12.2 Å². The topological polar surface area (TPSA) is 63.5 Å². The molecular weight excluding hydrogens is 352 g/mol. The number of likely N-dealkylation sites (tertiary alicyclic amines) is 1. The number of piperidine rings is 1. The number of ketones is 1. The molecule has 1 fully saturated rings. The molecule has 0 unspecified atom stereocenters. The molecule has 2 aromatic rings. The zero-order valence-corrected chi connectivity index (χ0v) is 14.9. The summed E-state index contributed by atoms with van der Waals surface area (Å²) in [6.45, 7) is 1.10. The van der Waals surface area contributed by atoms with Crippen molar-refractivity contribution in [3.05, 3.63) is 85.9 Å². The maximum Gasteiger partial charge on any atom is 0.269 e. The molecule has 0 radical (unpaired) electrons. The summed E-state index contributed by atoms with van der Waals surface area (Å²) in [6.07, 6.45) is 3.66. The minimum absolute atomic E-state index is 0.00333. The third-order valence-electron chi connectivity index (χ3n) is 4.12. The third-order valence-corrected chi connectivity index (χ3v) is 4.37. The number of non-ortho nitro benzene ring substituents is 1. The van der Waals surface area contributed by atoms with Crippen LogP contribution in [-0.4, -0.2) is 35.7 Å². The average molecular weight is 369 g/mol. The highest BCUT2D eigenvalue weighted by molar-refractivity contribution is 6.30. The number of hydrogen-bond acceptors (Lipinski definition) is 4. The van der Waals surface area contributed by atoms with Crippen LogP contribution in [0.1, 0.15) is 11.1 Å². The molecule has 132 valence electrons. The molecule has 5 nitrogen and oxygen atoms in total. The Labute approximate surface area is 156 Å². The van der Waals surface area contributed by atoms with Gasteiger partial charge in [0.15, 0.2) is 5.78 Å². The number of halogens is 1. The van der Waals surface area contributed by atoms with Gasteiger partial charge < -0.3 is 0 Å². The number of Topliss-reactive ketones (excluding diaryl/α,β-unsaturated/α-hetero) is 1. The second-order valence-corrected chi connectivity index (χ2v) is 6.68. The van der Waals surface area contributed by atoms with E-state index in [0.29, 0.717) is 29.3 Å². The summed E-state index contributed by atoms with van der Waals surface area (Å²) >= 11 is 5.90. The quantitative estimate of drug-likeness (QED) is 0.462. The lowest BCUT2D eigenvalue weighted by atomic mass is 9.94. The Morgan fingerprint density at radius 1 is 0.962 bits per heavy atom. The summed E-state index contributed by atoms with van der Waals surface area (Å²) < 4.78 is 0. The molecular formula is C20H17ClN2O3. The molecule has 0 spiro atoms. The number of nitrogens with zero attached hydrogens (tertiary/aromatic N) is 2. The van der Waals surface area contributed by atoms with Crippen LogP contribution < -0.4 is 0 Å². The molecule has 1 heterocycles. The zero-order chi connectivity index (χ0) is 18.7. The van der Waals surface area contributed by atoms with Crippen molar-refractivity contribution in [3.8, 4) is 0 Å². The van der Waals surface area contributed by atoms with E-state index < -0.39 is 4.92 Å². The van der Waals surface area contributed by atoms with Crippen molar-refractivity contribution in [2.45, 2.75) is 0 Å². The fourth-order valence-electron chi connectivity index (χ4n) is 2.86. The predicted molar refractivity (Wildman–Crippen MR) is 103 cm³/mol. The van der Waals surface area contributed by atoms with Crippen LogP contribution in [0.15, 0.2) is 59.7 Å². The van der Waals surface area contributed by atoms with Crippen LogP contribution in [0.2, 0.25) is 5.02 Å². The highest BCUT2D eigenvalue weighted by atomic mass is 35.5. The van der Waals surface area contributed by atoms with E-state index >= 15 is 0 Å². The normalized spacial score (nSPS) is 18.5. The monoisotopic (exact) mass is 368 g/mol. The average Bonchev–Trinajstić information content (AvgIpc) is 2.61. The van der Waals surface area contributed by atoms with E-state index in [2.05, 4.69) is 4.90 Å². The van der Waals surface area contributed by atoms with Crippen molar-refractivity contribution in [3.63, 3.8) is 0 Å². The van der Waals surface area contributed by atoms with Gasteiger partial charge in [-0.05, 0) is 54.6 Å². The van der Waals surface area contributed by atoms with Gasteiger partial charge in [0, 0.05) is 41.4 Å². The van der Waals surface area contributed by atoms with Gasteiger partial charge in [0.05, 0.1) is 4.92 Å². The Balaban J connectivity index is 1.88. The largest absolute Gasteiger partial charge is 0.298 e. The molecule has 6 heteroatoms. The van der Waals surface area contributed by atoms with Crippen molar-refractivity contribution >= 4 is 35.2 Å². The van der Waals surface area contributed by atoms with Crippen LogP contribution in [-0.2, 0) is 4.79 Å². The van der Waals surface area contributed by atoms with Gasteiger partial charge in [0.2, 0.25) is 0 Å². The molecule has 3 rings (SSSR count). The van der Waals surface area contributed by atoms with E-state index in [-0.39, 0.29) is 11.5 Å². The highest BCUT2D eigenvalue weighted by Crippen LogP contribution is 2.22. The van der Waals surface area contributed by atoms with E-state index in [1.165, 1.54) is 12.1 Å². The van der Waals surface area contributed by atoms with Gasteiger partial charge in [-0.25, -0.2) is 0 Å². The minimum atomic E-state index is -0.441. The molecule has 0 aliphatic carbocycles. The zero-order valence-electron chi connectivity index (χ0n) is 14.2. The number of nitro groups is 1. The molecule has 0 amide bonds. The van der Waals surface area contributed by atoms with E-state index in [0.717, 1.165) is 11.1 Å². The van der Waals surface area contributed by atoms with Gasteiger partial charge in [-0.15, -0.1) is 0 Å². The fraction of sp³-hybridized carbons (Fsp3) is 0.150. The van der Waals surface area contributed by atoms with Crippen LogP contribution in [0.5, 0.6) is 0 Å².